The van der Waals surface area contributed by atoms with Crippen molar-refractivity contribution in [3.63, 3.8) is 0 Å². The first-order valence-electron chi connectivity index (χ1n) is 5.30. The summed E-state index contributed by atoms with van der Waals surface area (Å²) in [5.74, 6) is 0. The fourth-order valence-electron chi connectivity index (χ4n) is 2.20. The second-order valence-electron chi connectivity index (χ2n) is 4.16. The molecule has 1 aliphatic heterocycles. The van der Waals surface area contributed by atoms with Gasteiger partial charge in [0.05, 0.1) is 9.79 Å². The number of anilines is 1. The van der Waals surface area contributed by atoms with E-state index in [1.807, 2.05) is 12.1 Å². The fraction of sp³-hybridized carbons (Fsp3) is 0.0769. The molecule has 2 N–H and O–H groups in total. The molecule has 4 heteroatoms. The van der Waals surface area contributed by atoms with E-state index in [4.69, 9.17) is 5.73 Å². The maximum absolute atomic E-state index is 12.4. The van der Waals surface area contributed by atoms with E-state index in [1.165, 1.54) is 0 Å². The van der Waals surface area contributed by atoms with Crippen LogP contribution in [0, 0.1) is 0 Å². The molecule has 17 heavy (non-hydrogen) atoms. The van der Waals surface area contributed by atoms with Crippen molar-refractivity contribution in [1.29, 1.82) is 0 Å². The van der Waals surface area contributed by atoms with E-state index in [9.17, 15) is 8.42 Å². The summed E-state index contributed by atoms with van der Waals surface area (Å²) in [4.78, 5) is 0.745. The molecular formula is C13H11NO2S. The Balaban J connectivity index is 2.36. The number of sulfone groups is 1. The minimum Gasteiger partial charge on any atom is -0.399 e. The van der Waals surface area contributed by atoms with Gasteiger partial charge in [-0.3, -0.25) is 0 Å². The molecule has 0 unspecified atom stereocenters. The summed E-state index contributed by atoms with van der Waals surface area (Å²) >= 11 is 0. The number of rotatable bonds is 0. The molecule has 2 aromatic rings. The topological polar surface area (TPSA) is 60.2 Å². The molecule has 0 aliphatic carbocycles. The summed E-state index contributed by atoms with van der Waals surface area (Å²) in [6, 6.07) is 12.2. The summed E-state index contributed by atoms with van der Waals surface area (Å²) in [5.41, 5.74) is 7.81. The van der Waals surface area contributed by atoms with E-state index in [0.717, 1.165) is 11.1 Å². The van der Waals surface area contributed by atoms with Crippen LogP contribution < -0.4 is 5.73 Å². The number of hydrogen-bond donors (Lipinski definition) is 1. The lowest BCUT2D eigenvalue weighted by molar-refractivity contribution is 0.591. The van der Waals surface area contributed by atoms with Gasteiger partial charge in [-0.15, -0.1) is 0 Å². The zero-order valence-corrected chi connectivity index (χ0v) is 9.87. The first-order valence-corrected chi connectivity index (χ1v) is 6.79. The molecule has 3 rings (SSSR count). The van der Waals surface area contributed by atoms with Gasteiger partial charge in [-0.1, -0.05) is 24.3 Å². The van der Waals surface area contributed by atoms with Crippen LogP contribution in [0.4, 0.5) is 5.69 Å². The largest absolute Gasteiger partial charge is 0.399 e. The average molecular weight is 245 g/mol. The van der Waals surface area contributed by atoms with Gasteiger partial charge in [0.1, 0.15) is 0 Å². The normalized spacial score (nSPS) is 16.0. The molecule has 0 radical (unpaired) electrons. The van der Waals surface area contributed by atoms with Gasteiger partial charge in [-0.05, 0) is 29.3 Å². The third-order valence-electron chi connectivity index (χ3n) is 3.02. The van der Waals surface area contributed by atoms with Crippen LogP contribution in [-0.2, 0) is 16.3 Å². The Morgan fingerprint density at radius 2 is 1.65 bits per heavy atom. The van der Waals surface area contributed by atoms with Gasteiger partial charge in [0.25, 0.3) is 0 Å². The zero-order valence-electron chi connectivity index (χ0n) is 9.05. The minimum atomic E-state index is -3.40. The smallest absolute Gasteiger partial charge is 0.207 e. The number of benzene rings is 2. The first kappa shape index (κ1) is 10.4. The highest BCUT2D eigenvalue weighted by Gasteiger charge is 2.28. The first-order chi connectivity index (χ1) is 8.09. The number of hydrogen-bond acceptors (Lipinski definition) is 3. The zero-order chi connectivity index (χ0) is 12.0. The fourth-order valence-corrected chi connectivity index (χ4v) is 3.96. The third kappa shape index (κ3) is 1.45. The Hall–Kier alpha value is -1.81. The van der Waals surface area contributed by atoms with Crippen molar-refractivity contribution in [1.82, 2.24) is 0 Å². The van der Waals surface area contributed by atoms with Crippen LogP contribution in [-0.4, -0.2) is 8.42 Å². The second kappa shape index (κ2) is 3.34. The van der Waals surface area contributed by atoms with E-state index >= 15 is 0 Å². The van der Waals surface area contributed by atoms with Gasteiger partial charge in [-0.25, -0.2) is 8.42 Å². The summed E-state index contributed by atoms with van der Waals surface area (Å²) in [6.07, 6.45) is 0.644. The Morgan fingerprint density at radius 3 is 2.47 bits per heavy atom. The second-order valence-corrected chi connectivity index (χ2v) is 6.04. The number of nitrogens with two attached hydrogens (primary N) is 1. The molecule has 1 aliphatic rings. The molecule has 2 aromatic carbocycles. The van der Waals surface area contributed by atoms with Crippen LogP contribution in [0.3, 0.4) is 0 Å². The highest BCUT2D eigenvalue weighted by molar-refractivity contribution is 7.91. The summed E-state index contributed by atoms with van der Waals surface area (Å²) in [6.45, 7) is 0. The van der Waals surface area contributed by atoms with Crippen molar-refractivity contribution in [3.8, 4) is 0 Å². The maximum Gasteiger partial charge on any atom is 0.207 e. The van der Waals surface area contributed by atoms with Crippen molar-refractivity contribution in [3.05, 3.63) is 53.6 Å². The van der Waals surface area contributed by atoms with Crippen LogP contribution in [0.25, 0.3) is 0 Å². The quantitative estimate of drug-likeness (QED) is 0.616. The molecule has 0 bridgehead atoms. The lowest BCUT2D eigenvalue weighted by atomic mass is 10.0. The highest BCUT2D eigenvalue weighted by Crippen LogP contribution is 2.34. The van der Waals surface area contributed by atoms with Crippen LogP contribution in [0.5, 0.6) is 0 Å². The molecule has 0 saturated carbocycles. The molecule has 0 amide bonds. The van der Waals surface area contributed by atoms with Crippen molar-refractivity contribution < 1.29 is 8.42 Å². The molecule has 0 atom stereocenters. The average Bonchev–Trinajstić information content (AvgIpc) is 2.31. The van der Waals surface area contributed by atoms with Gasteiger partial charge in [0.15, 0.2) is 0 Å². The van der Waals surface area contributed by atoms with Crippen molar-refractivity contribution >= 4 is 15.5 Å². The van der Waals surface area contributed by atoms with Gasteiger partial charge in [0, 0.05) is 12.1 Å². The standard InChI is InChI=1S/C13H11NO2S/c14-11-6-5-10-7-9-3-1-2-4-12(9)17(15,16)13(10)8-11/h1-6,8H,7,14H2. The monoisotopic (exact) mass is 245 g/mol. The summed E-state index contributed by atoms with van der Waals surface area (Å²) in [5, 5.41) is 0. The minimum absolute atomic E-state index is 0.344. The SMILES string of the molecule is Nc1ccc2c(c1)S(=O)(=O)c1ccccc1C2. The van der Waals surface area contributed by atoms with Crippen LogP contribution >= 0.6 is 0 Å². The third-order valence-corrected chi connectivity index (χ3v) is 4.96. The van der Waals surface area contributed by atoms with Crippen molar-refractivity contribution in [2.24, 2.45) is 0 Å². The van der Waals surface area contributed by atoms with E-state index in [1.54, 1.807) is 30.3 Å². The Morgan fingerprint density at radius 1 is 0.941 bits per heavy atom. The van der Waals surface area contributed by atoms with Crippen LogP contribution in [0.1, 0.15) is 11.1 Å². The van der Waals surface area contributed by atoms with Gasteiger partial charge < -0.3 is 5.73 Å². The van der Waals surface area contributed by atoms with Gasteiger partial charge >= 0.3 is 0 Å². The van der Waals surface area contributed by atoms with Gasteiger partial charge in [0.2, 0.25) is 9.84 Å². The maximum atomic E-state index is 12.4. The Bertz CT molecular complexity index is 705. The Kier molecular flexibility index (Phi) is 2.03. The Labute approximate surface area is 99.8 Å². The highest BCUT2D eigenvalue weighted by atomic mass is 32.2. The van der Waals surface area contributed by atoms with Crippen LogP contribution in [0.2, 0.25) is 0 Å². The molecule has 0 fully saturated rings. The number of nitrogen functional groups attached to an aromatic ring is 1. The molecule has 3 nitrogen and oxygen atoms in total. The molecule has 0 aromatic heterocycles. The molecule has 0 saturated heterocycles. The van der Waals surface area contributed by atoms with E-state index in [2.05, 4.69) is 0 Å². The summed E-state index contributed by atoms with van der Waals surface area (Å²) < 4.78 is 24.8. The lowest BCUT2D eigenvalue weighted by Gasteiger charge is -2.19. The van der Waals surface area contributed by atoms with Crippen molar-refractivity contribution in [2.45, 2.75) is 16.2 Å². The van der Waals surface area contributed by atoms with E-state index < -0.39 is 9.84 Å². The van der Waals surface area contributed by atoms with E-state index in [-0.39, 0.29) is 0 Å². The summed E-state index contributed by atoms with van der Waals surface area (Å²) in [7, 11) is -3.40. The van der Waals surface area contributed by atoms with Gasteiger partial charge in [-0.2, -0.15) is 0 Å². The number of fused-ring (bicyclic) bond motifs is 2. The molecular weight excluding hydrogens is 234 g/mol. The molecule has 1 heterocycles. The van der Waals surface area contributed by atoms with E-state index in [0.29, 0.717) is 21.9 Å². The molecule has 0 spiro atoms. The van der Waals surface area contributed by atoms with Crippen molar-refractivity contribution in [2.75, 3.05) is 5.73 Å². The predicted octanol–water partition coefficient (Wildman–Crippen LogP) is 2.01. The van der Waals surface area contributed by atoms with Crippen LogP contribution in [0.15, 0.2) is 52.3 Å². The molecule has 86 valence electrons. The lowest BCUT2D eigenvalue weighted by Crippen LogP contribution is -2.14. The predicted molar refractivity (Wildman–Crippen MR) is 65.6 cm³/mol.